The van der Waals surface area contributed by atoms with Gasteiger partial charge in [-0.3, -0.25) is 0 Å². The molecule has 1 aromatic carbocycles. The lowest BCUT2D eigenvalue weighted by atomic mass is 10.0. The fourth-order valence-electron chi connectivity index (χ4n) is 4.07. The Hall–Kier alpha value is -0.950. The molecule has 0 spiro atoms. The Kier molecular flexibility index (Phi) is 5.59. The standard InChI is InChI=1S/C18H28N2O3S/c1-15-12-19(13-16(2)23-15)18-8-10-20(11-9-18)24(21,22)14-17-6-4-3-5-7-17/h3-7,15-16,18H,8-14H2,1-2H3/p+1/t15-,16-/m1/s1. The summed E-state index contributed by atoms with van der Waals surface area (Å²) in [6.07, 6.45) is 2.48. The number of piperidine rings is 1. The van der Waals surface area contributed by atoms with E-state index in [1.54, 1.807) is 9.21 Å². The van der Waals surface area contributed by atoms with Crippen LogP contribution in [0.25, 0.3) is 0 Å². The van der Waals surface area contributed by atoms with E-state index in [1.807, 2.05) is 30.3 Å². The predicted molar refractivity (Wildman–Crippen MR) is 94.4 cm³/mol. The Balaban J connectivity index is 1.56. The molecule has 0 aromatic heterocycles. The van der Waals surface area contributed by atoms with Gasteiger partial charge in [0.05, 0.1) is 11.8 Å². The summed E-state index contributed by atoms with van der Waals surface area (Å²) >= 11 is 0. The van der Waals surface area contributed by atoms with E-state index < -0.39 is 10.0 Å². The molecule has 2 heterocycles. The Labute approximate surface area is 145 Å². The van der Waals surface area contributed by atoms with Crippen molar-refractivity contribution < 1.29 is 18.1 Å². The number of nitrogens with zero attached hydrogens (tertiary/aromatic N) is 1. The van der Waals surface area contributed by atoms with Crippen molar-refractivity contribution in [3.05, 3.63) is 35.9 Å². The van der Waals surface area contributed by atoms with E-state index in [0.29, 0.717) is 31.3 Å². The van der Waals surface area contributed by atoms with Crippen molar-refractivity contribution >= 4 is 10.0 Å². The van der Waals surface area contributed by atoms with Crippen molar-refractivity contribution in [1.82, 2.24) is 4.31 Å². The van der Waals surface area contributed by atoms with Gasteiger partial charge in [-0.05, 0) is 19.4 Å². The lowest BCUT2D eigenvalue weighted by molar-refractivity contribution is -0.940. The van der Waals surface area contributed by atoms with E-state index in [2.05, 4.69) is 13.8 Å². The average molecular weight is 354 g/mol. The van der Waals surface area contributed by atoms with E-state index >= 15 is 0 Å². The largest absolute Gasteiger partial charge is 0.364 e. The number of morpholine rings is 1. The normalized spacial score (nSPS) is 30.3. The van der Waals surface area contributed by atoms with Crippen LogP contribution in [0.3, 0.4) is 0 Å². The number of quaternary nitrogens is 1. The van der Waals surface area contributed by atoms with E-state index in [4.69, 9.17) is 4.74 Å². The number of hydrogen-bond acceptors (Lipinski definition) is 3. The molecule has 0 radical (unpaired) electrons. The van der Waals surface area contributed by atoms with Crippen LogP contribution in [0.5, 0.6) is 0 Å². The average Bonchev–Trinajstić information content (AvgIpc) is 2.54. The summed E-state index contributed by atoms with van der Waals surface area (Å²) in [5.74, 6) is 0.108. The highest BCUT2D eigenvalue weighted by molar-refractivity contribution is 7.88. The first-order valence-corrected chi connectivity index (χ1v) is 10.6. The molecule has 2 aliphatic heterocycles. The second kappa shape index (κ2) is 7.52. The molecule has 1 N–H and O–H groups in total. The van der Waals surface area contributed by atoms with E-state index in [-0.39, 0.29) is 5.75 Å². The summed E-state index contributed by atoms with van der Waals surface area (Å²) in [4.78, 5) is 1.58. The van der Waals surface area contributed by atoms with Gasteiger partial charge in [0.25, 0.3) is 0 Å². The zero-order chi connectivity index (χ0) is 17.2. The van der Waals surface area contributed by atoms with Crippen LogP contribution in [0.2, 0.25) is 0 Å². The minimum Gasteiger partial charge on any atom is -0.364 e. The second-order valence-electron chi connectivity index (χ2n) is 7.24. The second-order valence-corrected chi connectivity index (χ2v) is 9.21. The molecule has 0 amide bonds. The van der Waals surface area contributed by atoms with Gasteiger partial charge in [0, 0.05) is 25.9 Å². The molecular formula is C18H29N2O3S+. The Morgan fingerprint density at radius 2 is 1.67 bits per heavy atom. The molecule has 6 heteroatoms. The first-order valence-electron chi connectivity index (χ1n) is 8.96. The zero-order valence-electron chi connectivity index (χ0n) is 14.6. The SMILES string of the molecule is C[C@@H]1C[NH+](C2CCN(S(=O)(=O)Cc3ccccc3)CC2)C[C@@H](C)O1. The lowest BCUT2D eigenvalue weighted by Crippen LogP contribution is -3.19. The van der Waals surface area contributed by atoms with Gasteiger partial charge in [-0.1, -0.05) is 30.3 Å². The van der Waals surface area contributed by atoms with Crippen LogP contribution in [-0.2, 0) is 20.5 Å². The van der Waals surface area contributed by atoms with Crippen molar-refractivity contribution in [3.8, 4) is 0 Å². The number of nitrogens with one attached hydrogen (secondary N) is 1. The summed E-state index contributed by atoms with van der Waals surface area (Å²) in [5, 5.41) is 0. The van der Waals surface area contributed by atoms with Gasteiger partial charge in [0.15, 0.2) is 0 Å². The third-order valence-corrected chi connectivity index (χ3v) is 7.03. The summed E-state index contributed by atoms with van der Waals surface area (Å²) in [5.41, 5.74) is 0.862. The quantitative estimate of drug-likeness (QED) is 0.866. The summed E-state index contributed by atoms with van der Waals surface area (Å²) < 4.78 is 32.8. The van der Waals surface area contributed by atoms with E-state index in [9.17, 15) is 8.42 Å². The molecule has 134 valence electrons. The van der Waals surface area contributed by atoms with E-state index in [1.165, 1.54) is 0 Å². The smallest absolute Gasteiger partial charge is 0.218 e. The van der Waals surface area contributed by atoms with E-state index in [0.717, 1.165) is 31.5 Å². The topological polar surface area (TPSA) is 51.0 Å². The maximum atomic E-state index is 12.6. The molecule has 0 unspecified atom stereocenters. The van der Waals surface area contributed by atoms with Gasteiger partial charge in [-0.15, -0.1) is 0 Å². The zero-order valence-corrected chi connectivity index (χ0v) is 15.5. The third kappa shape index (κ3) is 4.36. The highest BCUT2D eigenvalue weighted by atomic mass is 32.2. The fraction of sp³-hybridized carbons (Fsp3) is 0.667. The van der Waals surface area contributed by atoms with Crippen molar-refractivity contribution in [2.24, 2.45) is 0 Å². The molecule has 0 bridgehead atoms. The number of rotatable bonds is 4. The molecule has 5 nitrogen and oxygen atoms in total. The molecule has 3 rings (SSSR count). The van der Waals surface area contributed by atoms with Crippen LogP contribution in [0.1, 0.15) is 32.3 Å². The molecule has 2 saturated heterocycles. The first-order chi connectivity index (χ1) is 11.4. The maximum absolute atomic E-state index is 12.6. The molecule has 0 saturated carbocycles. The summed E-state index contributed by atoms with van der Waals surface area (Å²) in [7, 11) is -3.21. The van der Waals surface area contributed by atoms with Gasteiger partial charge >= 0.3 is 0 Å². The summed E-state index contributed by atoms with van der Waals surface area (Å²) in [6, 6.07) is 10.0. The van der Waals surface area contributed by atoms with Gasteiger partial charge in [-0.2, -0.15) is 0 Å². The highest BCUT2D eigenvalue weighted by Gasteiger charge is 2.36. The van der Waals surface area contributed by atoms with Crippen molar-refractivity contribution in [1.29, 1.82) is 0 Å². The highest BCUT2D eigenvalue weighted by Crippen LogP contribution is 2.17. The fourth-order valence-corrected chi connectivity index (χ4v) is 5.63. The molecule has 24 heavy (non-hydrogen) atoms. The minimum atomic E-state index is -3.21. The molecule has 2 fully saturated rings. The number of ether oxygens (including phenoxy) is 1. The molecular weight excluding hydrogens is 324 g/mol. The maximum Gasteiger partial charge on any atom is 0.218 e. The molecule has 2 aliphatic rings. The van der Waals surface area contributed by atoms with Gasteiger partial charge in [0.2, 0.25) is 10.0 Å². The van der Waals surface area contributed by atoms with Crippen molar-refractivity contribution in [3.63, 3.8) is 0 Å². The van der Waals surface area contributed by atoms with Crippen LogP contribution in [0.4, 0.5) is 0 Å². The van der Waals surface area contributed by atoms with Gasteiger partial charge in [-0.25, -0.2) is 12.7 Å². The van der Waals surface area contributed by atoms with Gasteiger partial charge in [0.1, 0.15) is 25.3 Å². The van der Waals surface area contributed by atoms with Crippen molar-refractivity contribution in [2.75, 3.05) is 26.2 Å². The van der Waals surface area contributed by atoms with Crippen LogP contribution in [0, 0.1) is 0 Å². The van der Waals surface area contributed by atoms with Crippen LogP contribution >= 0.6 is 0 Å². The monoisotopic (exact) mass is 353 g/mol. The Morgan fingerprint density at radius 3 is 2.25 bits per heavy atom. The van der Waals surface area contributed by atoms with Crippen LogP contribution in [0.15, 0.2) is 30.3 Å². The van der Waals surface area contributed by atoms with Crippen LogP contribution < -0.4 is 4.90 Å². The van der Waals surface area contributed by atoms with Gasteiger partial charge < -0.3 is 9.64 Å². The minimum absolute atomic E-state index is 0.108. The van der Waals surface area contributed by atoms with Crippen LogP contribution in [-0.4, -0.2) is 57.2 Å². The first kappa shape index (κ1) is 17.9. The Morgan fingerprint density at radius 1 is 1.08 bits per heavy atom. The predicted octanol–water partition coefficient (Wildman–Crippen LogP) is 0.673. The number of sulfonamides is 1. The molecule has 0 aliphatic carbocycles. The Bertz CT molecular complexity index is 617. The number of benzene rings is 1. The lowest BCUT2D eigenvalue weighted by Gasteiger charge is -2.40. The van der Waals surface area contributed by atoms with Crippen molar-refractivity contribution in [2.45, 2.75) is 50.7 Å². The number of hydrogen-bond donors (Lipinski definition) is 1. The summed E-state index contributed by atoms with van der Waals surface area (Å²) in [6.45, 7) is 7.63. The molecule has 2 atom stereocenters. The third-order valence-electron chi connectivity index (χ3n) is 5.18. The molecule has 1 aromatic rings.